The van der Waals surface area contributed by atoms with E-state index in [9.17, 15) is 17.6 Å². The van der Waals surface area contributed by atoms with Crippen LogP contribution in [0.1, 0.15) is 12.5 Å². The maximum Gasteiger partial charge on any atom is 0.247 e. The molecule has 33 heavy (non-hydrogen) atoms. The number of aromatic nitrogens is 1. The second-order valence-electron chi connectivity index (χ2n) is 7.38. The highest BCUT2D eigenvalue weighted by atomic mass is 32.2. The Morgan fingerprint density at radius 1 is 1.09 bits per heavy atom. The van der Waals surface area contributed by atoms with Gasteiger partial charge >= 0.3 is 0 Å². The van der Waals surface area contributed by atoms with Gasteiger partial charge in [-0.15, -0.1) is 0 Å². The molecule has 4 aromatic rings. The zero-order valence-electron chi connectivity index (χ0n) is 17.9. The molecule has 3 aromatic carbocycles. The molecule has 170 valence electrons. The van der Waals surface area contributed by atoms with Crippen LogP contribution in [0.3, 0.4) is 0 Å². The van der Waals surface area contributed by atoms with Gasteiger partial charge in [-0.1, -0.05) is 41.7 Å². The molecule has 0 radical (unpaired) electrons. The van der Waals surface area contributed by atoms with E-state index in [0.717, 1.165) is 22.4 Å². The molecule has 0 N–H and O–H groups in total. The van der Waals surface area contributed by atoms with Gasteiger partial charge in [-0.25, -0.2) is 17.8 Å². The zero-order valence-corrected chi connectivity index (χ0v) is 19.6. The van der Waals surface area contributed by atoms with Gasteiger partial charge < -0.3 is 4.74 Å². The standard InChI is InChI=1S/C24H21FN2O4S2/c1-16(33(29,30)20-11-8-18(25)9-12-20)23(28)27(15-17-6-4-3-5-7-17)24-26-21-13-10-19(31-2)14-22(21)32-24/h3-14,16H,15H2,1-2H3/t16-/m1/s1. The first kappa shape index (κ1) is 22.9. The van der Waals surface area contributed by atoms with Crippen molar-refractivity contribution in [3.63, 3.8) is 0 Å². The molecule has 0 saturated carbocycles. The predicted molar refractivity (Wildman–Crippen MR) is 127 cm³/mol. The van der Waals surface area contributed by atoms with Crippen LogP contribution in [0.5, 0.6) is 5.75 Å². The number of thiazole rings is 1. The third-order valence-electron chi connectivity index (χ3n) is 5.22. The van der Waals surface area contributed by atoms with E-state index in [4.69, 9.17) is 4.74 Å². The van der Waals surface area contributed by atoms with Crippen molar-refractivity contribution in [3.05, 3.63) is 84.2 Å². The van der Waals surface area contributed by atoms with Crippen LogP contribution in [0.2, 0.25) is 0 Å². The molecule has 0 aliphatic rings. The molecule has 6 nitrogen and oxygen atoms in total. The predicted octanol–water partition coefficient (Wildman–Crippen LogP) is 4.84. The van der Waals surface area contributed by atoms with Gasteiger partial charge in [0.25, 0.3) is 0 Å². The number of nitrogens with zero attached hydrogens (tertiary/aromatic N) is 2. The molecule has 1 aromatic heterocycles. The van der Waals surface area contributed by atoms with Crippen LogP contribution >= 0.6 is 11.3 Å². The van der Waals surface area contributed by atoms with Crippen molar-refractivity contribution in [2.45, 2.75) is 23.6 Å². The maximum atomic E-state index is 13.5. The third kappa shape index (κ3) is 4.74. The van der Waals surface area contributed by atoms with E-state index in [1.807, 2.05) is 36.4 Å². The number of sulfone groups is 1. The van der Waals surface area contributed by atoms with Gasteiger partial charge in [-0.2, -0.15) is 0 Å². The van der Waals surface area contributed by atoms with Crippen molar-refractivity contribution in [3.8, 4) is 5.75 Å². The van der Waals surface area contributed by atoms with E-state index in [-0.39, 0.29) is 11.4 Å². The summed E-state index contributed by atoms with van der Waals surface area (Å²) in [6, 6.07) is 19.1. The van der Waals surface area contributed by atoms with Crippen molar-refractivity contribution < 1.29 is 22.3 Å². The average molecular weight is 485 g/mol. The molecule has 0 spiro atoms. The van der Waals surface area contributed by atoms with Crippen LogP contribution in [0.15, 0.2) is 77.7 Å². The van der Waals surface area contributed by atoms with Crippen LogP contribution in [0.25, 0.3) is 10.2 Å². The molecule has 1 amide bonds. The SMILES string of the molecule is COc1ccc2nc(N(Cc3ccccc3)C(=O)[C@@H](C)S(=O)(=O)c3ccc(F)cc3)sc2c1. The lowest BCUT2D eigenvalue weighted by Crippen LogP contribution is -2.41. The summed E-state index contributed by atoms with van der Waals surface area (Å²) in [5, 5.41) is -1.01. The molecule has 1 atom stereocenters. The fraction of sp³-hybridized carbons (Fsp3) is 0.167. The Kier molecular flexibility index (Phi) is 6.44. The Morgan fingerprint density at radius 2 is 1.79 bits per heavy atom. The first-order chi connectivity index (χ1) is 15.8. The van der Waals surface area contributed by atoms with Crippen molar-refractivity contribution in [2.24, 2.45) is 0 Å². The van der Waals surface area contributed by atoms with E-state index in [1.165, 1.54) is 35.3 Å². The van der Waals surface area contributed by atoms with Crippen LogP contribution in [0.4, 0.5) is 9.52 Å². The number of ether oxygens (including phenoxy) is 1. The number of fused-ring (bicyclic) bond motifs is 1. The van der Waals surface area contributed by atoms with Crippen molar-refractivity contribution in [2.75, 3.05) is 12.0 Å². The van der Waals surface area contributed by atoms with E-state index in [0.29, 0.717) is 16.4 Å². The number of anilines is 1. The van der Waals surface area contributed by atoms with E-state index < -0.39 is 26.8 Å². The number of amides is 1. The largest absolute Gasteiger partial charge is 0.497 e. The second-order valence-corrected chi connectivity index (χ2v) is 10.7. The monoisotopic (exact) mass is 484 g/mol. The fourth-order valence-corrected chi connectivity index (χ4v) is 5.64. The Labute approximate surface area is 195 Å². The molecule has 0 aliphatic carbocycles. The van der Waals surface area contributed by atoms with Gasteiger partial charge in [0.15, 0.2) is 15.0 Å². The molecule has 0 unspecified atom stereocenters. The van der Waals surface area contributed by atoms with Crippen molar-refractivity contribution >= 4 is 42.4 Å². The minimum atomic E-state index is -4.04. The summed E-state index contributed by atoms with van der Waals surface area (Å²) in [7, 11) is -2.48. The molecular weight excluding hydrogens is 463 g/mol. The molecule has 0 bridgehead atoms. The fourth-order valence-electron chi connectivity index (χ4n) is 3.32. The Hall–Kier alpha value is -3.30. The lowest BCUT2D eigenvalue weighted by Gasteiger charge is -2.23. The summed E-state index contributed by atoms with van der Waals surface area (Å²) >= 11 is 1.28. The first-order valence-corrected chi connectivity index (χ1v) is 12.5. The molecule has 9 heteroatoms. The van der Waals surface area contributed by atoms with Gasteiger partial charge in [0, 0.05) is 0 Å². The Balaban J connectivity index is 1.74. The number of halogens is 1. The van der Waals surface area contributed by atoms with Crippen LogP contribution in [0, 0.1) is 5.82 Å². The van der Waals surface area contributed by atoms with Gasteiger partial charge in [-0.05, 0) is 55.0 Å². The van der Waals surface area contributed by atoms with Gasteiger partial charge in [0.2, 0.25) is 5.91 Å². The maximum absolute atomic E-state index is 13.5. The Morgan fingerprint density at radius 3 is 2.45 bits per heavy atom. The van der Waals surface area contributed by atoms with Gasteiger partial charge in [0.05, 0.1) is 28.8 Å². The zero-order chi connectivity index (χ0) is 23.6. The summed E-state index contributed by atoms with van der Waals surface area (Å²) < 4.78 is 45.6. The number of carbonyl (C=O) groups is 1. The summed E-state index contributed by atoms with van der Waals surface area (Å²) in [6.07, 6.45) is 0. The summed E-state index contributed by atoms with van der Waals surface area (Å²) in [6.45, 7) is 1.50. The van der Waals surface area contributed by atoms with Crippen molar-refractivity contribution in [1.29, 1.82) is 0 Å². The van der Waals surface area contributed by atoms with Crippen LogP contribution < -0.4 is 9.64 Å². The van der Waals surface area contributed by atoms with Gasteiger partial charge in [0.1, 0.15) is 16.8 Å². The highest BCUT2D eigenvalue weighted by molar-refractivity contribution is 7.92. The minimum Gasteiger partial charge on any atom is -0.497 e. The van der Waals surface area contributed by atoms with E-state index in [1.54, 1.807) is 19.2 Å². The Bertz CT molecular complexity index is 1390. The highest BCUT2D eigenvalue weighted by Gasteiger charge is 2.35. The lowest BCUT2D eigenvalue weighted by molar-refractivity contribution is -0.118. The second kappa shape index (κ2) is 9.29. The summed E-state index contributed by atoms with van der Waals surface area (Å²) in [5.74, 6) is -0.511. The number of benzene rings is 3. The number of rotatable bonds is 7. The average Bonchev–Trinajstić information content (AvgIpc) is 3.25. The molecule has 1 heterocycles. The quantitative estimate of drug-likeness (QED) is 0.351. The first-order valence-electron chi connectivity index (χ1n) is 10.1. The third-order valence-corrected chi connectivity index (χ3v) is 8.32. The topological polar surface area (TPSA) is 76.6 Å². The van der Waals surface area contributed by atoms with E-state index in [2.05, 4.69) is 4.98 Å². The summed E-state index contributed by atoms with van der Waals surface area (Å²) in [5.41, 5.74) is 1.50. The lowest BCUT2D eigenvalue weighted by atomic mass is 10.2. The molecule has 0 fully saturated rings. The summed E-state index contributed by atoms with van der Waals surface area (Å²) in [4.78, 5) is 19.4. The van der Waals surface area contributed by atoms with Gasteiger partial charge in [-0.3, -0.25) is 9.69 Å². The smallest absolute Gasteiger partial charge is 0.247 e. The molecule has 4 rings (SSSR count). The number of hydrogen-bond acceptors (Lipinski definition) is 6. The number of carbonyl (C=O) groups excluding carboxylic acids is 1. The number of methoxy groups -OCH3 is 1. The number of hydrogen-bond donors (Lipinski definition) is 0. The van der Waals surface area contributed by atoms with Crippen LogP contribution in [-0.2, 0) is 21.2 Å². The van der Waals surface area contributed by atoms with E-state index >= 15 is 0 Å². The molecule has 0 saturated heterocycles. The highest BCUT2D eigenvalue weighted by Crippen LogP contribution is 2.33. The normalized spacial score (nSPS) is 12.5. The van der Waals surface area contributed by atoms with Crippen molar-refractivity contribution in [1.82, 2.24) is 4.98 Å². The molecule has 0 aliphatic heterocycles. The molecular formula is C24H21FN2O4S2. The van der Waals surface area contributed by atoms with Crippen LogP contribution in [-0.4, -0.2) is 31.7 Å². The minimum absolute atomic E-state index is 0.113.